The molecule has 29 heavy (non-hydrogen) atoms. The molecule has 0 bridgehead atoms. The molecule has 1 saturated heterocycles. The van der Waals surface area contributed by atoms with E-state index in [0.29, 0.717) is 0 Å². The van der Waals surface area contributed by atoms with Gasteiger partial charge in [0, 0.05) is 18.8 Å². The smallest absolute Gasteiger partial charge is 0.373 e. The van der Waals surface area contributed by atoms with Crippen LogP contribution in [0, 0.1) is 5.92 Å². The average molecular weight is 444 g/mol. The van der Waals surface area contributed by atoms with Gasteiger partial charge < -0.3 is 25.3 Å². The molecule has 3 atom stereocenters. The van der Waals surface area contributed by atoms with E-state index < -0.39 is 40.4 Å². The van der Waals surface area contributed by atoms with Crippen molar-refractivity contribution in [2.45, 2.75) is 17.2 Å². The van der Waals surface area contributed by atoms with Crippen molar-refractivity contribution in [3.63, 3.8) is 0 Å². The molecule has 3 heterocycles. The molecule has 0 radical (unpaired) electrons. The fraction of sp³-hybridized carbons (Fsp3) is 0.412. The van der Waals surface area contributed by atoms with Gasteiger partial charge in [-0.25, -0.2) is 9.59 Å². The van der Waals surface area contributed by atoms with Gasteiger partial charge in [0.15, 0.2) is 0 Å². The van der Waals surface area contributed by atoms with Gasteiger partial charge in [-0.2, -0.15) is 0 Å². The molecule has 4 N–H and O–H groups in total. The Balaban J connectivity index is 1.87. The monoisotopic (exact) mass is 443 g/mol. The van der Waals surface area contributed by atoms with E-state index in [-0.39, 0.29) is 41.6 Å². The number of nitrogens with one attached hydrogen (secondary N) is 1. The first-order valence-corrected chi connectivity index (χ1v) is 9.99. The number of aliphatic carboxylic acids is 1. The molecule has 2 amide bonds. The highest BCUT2D eigenvalue weighted by molar-refractivity contribution is 8.00. The van der Waals surface area contributed by atoms with E-state index in [0.717, 1.165) is 16.7 Å². The summed E-state index contributed by atoms with van der Waals surface area (Å²) in [6, 6.07) is 2.90. The summed E-state index contributed by atoms with van der Waals surface area (Å²) in [5.74, 6) is -3.73. The predicted molar refractivity (Wildman–Crippen MR) is 102 cm³/mol. The minimum Gasteiger partial charge on any atom is -0.477 e. The van der Waals surface area contributed by atoms with Gasteiger partial charge in [-0.05, 0) is 17.7 Å². The fourth-order valence-electron chi connectivity index (χ4n) is 3.18. The molecule has 2 aliphatic heterocycles. The third-order valence-corrected chi connectivity index (χ3v) is 6.04. The third-order valence-electron chi connectivity index (χ3n) is 4.51. The number of esters is 1. The second-order valence-corrected chi connectivity index (χ2v) is 7.87. The highest BCUT2D eigenvalue weighted by Crippen LogP contribution is 2.46. The molecule has 1 fully saturated rings. The van der Waals surface area contributed by atoms with Gasteiger partial charge >= 0.3 is 11.9 Å². The lowest BCUT2D eigenvalue weighted by Crippen LogP contribution is -2.67. The van der Waals surface area contributed by atoms with Gasteiger partial charge in [0.25, 0.3) is 0 Å². The summed E-state index contributed by atoms with van der Waals surface area (Å²) in [6.07, 6.45) is -0.0214. The Morgan fingerprint density at radius 3 is 2.76 bits per heavy atom. The van der Waals surface area contributed by atoms with Crippen LogP contribution in [0.25, 0.3) is 0 Å². The Morgan fingerprint density at radius 2 is 2.14 bits per heavy atom. The van der Waals surface area contributed by atoms with Crippen molar-refractivity contribution in [1.82, 2.24) is 10.2 Å². The molecule has 1 unspecified atom stereocenters. The van der Waals surface area contributed by atoms with E-state index in [1.807, 2.05) is 0 Å². The van der Waals surface area contributed by atoms with Gasteiger partial charge in [-0.3, -0.25) is 14.5 Å². The van der Waals surface area contributed by atoms with Crippen LogP contribution in [-0.4, -0.2) is 64.0 Å². The minimum absolute atomic E-state index is 0.0214. The number of alkyl halides is 1. The van der Waals surface area contributed by atoms with Crippen LogP contribution in [0.3, 0.4) is 0 Å². The van der Waals surface area contributed by atoms with Crippen LogP contribution in [0.5, 0.6) is 0 Å². The number of carbonyl (C=O) groups is 4. The first kappa shape index (κ1) is 21.2. The lowest BCUT2D eigenvalue weighted by Gasteiger charge is -2.50. The van der Waals surface area contributed by atoms with Gasteiger partial charge in [0.05, 0.1) is 12.5 Å². The third kappa shape index (κ3) is 3.85. The van der Waals surface area contributed by atoms with Gasteiger partial charge in [-0.1, -0.05) is 0 Å². The number of carboxylic acids is 1. The Hall–Kier alpha value is -2.50. The number of amides is 2. The zero-order chi connectivity index (χ0) is 21.3. The van der Waals surface area contributed by atoms with Crippen LogP contribution in [0.1, 0.15) is 16.3 Å². The van der Waals surface area contributed by atoms with E-state index in [1.54, 1.807) is 0 Å². The number of halogens is 1. The zero-order valence-corrected chi connectivity index (χ0v) is 16.8. The molecule has 2 aliphatic rings. The highest BCUT2D eigenvalue weighted by atomic mass is 35.5. The van der Waals surface area contributed by atoms with E-state index in [9.17, 15) is 24.3 Å². The summed E-state index contributed by atoms with van der Waals surface area (Å²) in [5, 5.41) is 10.7. The maximum Gasteiger partial charge on any atom is 0.373 e. The topological polar surface area (TPSA) is 152 Å². The largest absolute Gasteiger partial charge is 0.477 e. The summed E-state index contributed by atoms with van der Waals surface area (Å²) < 4.78 is 9.95. The van der Waals surface area contributed by atoms with Crippen molar-refractivity contribution >= 4 is 47.1 Å². The molecular formula is C17H18ClN3O7S. The second kappa shape index (κ2) is 8.47. The van der Waals surface area contributed by atoms with Crippen LogP contribution in [0.4, 0.5) is 0 Å². The normalized spacial score (nSPS) is 23.3. The molecule has 0 saturated carbocycles. The number of furan rings is 1. The Labute approximate surface area is 174 Å². The predicted octanol–water partition coefficient (Wildman–Crippen LogP) is 0.119. The van der Waals surface area contributed by atoms with E-state index in [1.165, 1.54) is 19.2 Å². The minimum atomic E-state index is -1.34. The first-order chi connectivity index (χ1) is 13.8. The van der Waals surface area contributed by atoms with Crippen molar-refractivity contribution in [1.29, 1.82) is 0 Å². The number of β-lactam (4-membered cyclic amide) rings is 1. The second-order valence-electron chi connectivity index (χ2n) is 6.23. The molecular weight excluding hydrogens is 426 g/mol. The standard InChI is InChI=1S/C17H18ClN3O7S/c1-27-17(26)9-3-2-7(28-9)6-8-11(16(24)25)21-14(23)10(13(22)20-5-4-18)15(21)29-12(8)19/h2-3,10,12,15H,4-6,19H2,1H3,(H,20,22)(H,24,25)/t10-,12?,15-/m1/s1. The van der Waals surface area contributed by atoms with Gasteiger partial charge in [0.2, 0.25) is 17.6 Å². The molecule has 1 aromatic heterocycles. The quantitative estimate of drug-likeness (QED) is 0.231. The van der Waals surface area contributed by atoms with E-state index in [2.05, 4.69) is 10.1 Å². The number of methoxy groups -OCH3 is 1. The zero-order valence-electron chi connectivity index (χ0n) is 15.2. The Kier molecular flexibility index (Phi) is 6.20. The van der Waals surface area contributed by atoms with Crippen LogP contribution < -0.4 is 11.1 Å². The van der Waals surface area contributed by atoms with Gasteiger partial charge in [0.1, 0.15) is 22.7 Å². The first-order valence-electron chi connectivity index (χ1n) is 8.51. The maximum absolute atomic E-state index is 12.5. The van der Waals surface area contributed by atoms with Gasteiger partial charge in [-0.15, -0.1) is 23.4 Å². The number of nitrogens with zero attached hydrogens (tertiary/aromatic N) is 1. The van der Waals surface area contributed by atoms with E-state index >= 15 is 0 Å². The SMILES string of the molecule is COC(=O)c1ccc(CC2=C(C(=O)O)N3C(=O)[C@@H](C(=O)NCCCl)[C@H]3SC2N)o1. The number of nitrogens with two attached hydrogens (primary N) is 1. The number of ether oxygens (including phenoxy) is 1. The van der Waals surface area contributed by atoms with Crippen molar-refractivity contribution in [2.24, 2.45) is 11.7 Å². The lowest BCUT2D eigenvalue weighted by molar-refractivity contribution is -0.157. The lowest BCUT2D eigenvalue weighted by atomic mass is 9.93. The summed E-state index contributed by atoms with van der Waals surface area (Å²) in [7, 11) is 1.21. The molecule has 0 aliphatic carbocycles. The number of carbonyl (C=O) groups excluding carboxylic acids is 3. The van der Waals surface area contributed by atoms with Crippen molar-refractivity contribution < 1.29 is 33.4 Å². The van der Waals surface area contributed by atoms with Crippen LogP contribution >= 0.6 is 23.4 Å². The molecule has 0 spiro atoms. The van der Waals surface area contributed by atoms with Crippen molar-refractivity contribution in [3.8, 4) is 0 Å². The number of fused-ring (bicyclic) bond motifs is 1. The molecule has 12 heteroatoms. The molecule has 0 aromatic carbocycles. The fourth-order valence-corrected chi connectivity index (χ4v) is 4.66. The summed E-state index contributed by atoms with van der Waals surface area (Å²) in [4.78, 5) is 49.3. The van der Waals surface area contributed by atoms with Crippen LogP contribution in [0.15, 0.2) is 27.8 Å². The van der Waals surface area contributed by atoms with E-state index in [4.69, 9.17) is 21.8 Å². The van der Waals surface area contributed by atoms with Crippen LogP contribution in [0.2, 0.25) is 0 Å². The number of carboxylic acid groups (broad SMARTS) is 1. The molecule has 156 valence electrons. The number of hydrogen-bond donors (Lipinski definition) is 3. The number of rotatable bonds is 7. The summed E-state index contributed by atoms with van der Waals surface area (Å²) >= 11 is 6.65. The van der Waals surface area contributed by atoms with Crippen molar-refractivity contribution in [2.75, 3.05) is 19.5 Å². The highest BCUT2D eigenvalue weighted by Gasteiger charge is 2.58. The number of hydrogen-bond acceptors (Lipinski definition) is 8. The molecule has 10 nitrogen and oxygen atoms in total. The number of thioether (sulfide) groups is 1. The summed E-state index contributed by atoms with van der Waals surface area (Å²) in [6.45, 7) is 0.196. The van der Waals surface area contributed by atoms with Crippen LogP contribution in [-0.2, 0) is 25.5 Å². The molecule has 3 rings (SSSR count). The Bertz CT molecular complexity index is 899. The maximum atomic E-state index is 12.5. The molecule has 1 aromatic rings. The average Bonchev–Trinajstić information content (AvgIpc) is 3.15. The summed E-state index contributed by atoms with van der Waals surface area (Å²) in [5.41, 5.74) is 6.13. The Morgan fingerprint density at radius 1 is 1.41 bits per heavy atom. The van der Waals surface area contributed by atoms with Crippen molar-refractivity contribution in [3.05, 3.63) is 34.9 Å².